The van der Waals surface area contributed by atoms with E-state index in [2.05, 4.69) is 21.2 Å². The van der Waals surface area contributed by atoms with Gasteiger partial charge < -0.3 is 25.0 Å². The van der Waals surface area contributed by atoms with Crippen LogP contribution < -0.4 is 10.1 Å². The predicted octanol–water partition coefficient (Wildman–Crippen LogP) is 2.37. The number of phenolic OH excluding ortho intramolecular Hbond substituents is 1. The summed E-state index contributed by atoms with van der Waals surface area (Å²) in [6, 6.07) is 9.80. The van der Waals surface area contributed by atoms with Crippen molar-refractivity contribution in [1.82, 2.24) is 0 Å². The summed E-state index contributed by atoms with van der Waals surface area (Å²) < 4.78 is 10.8. The van der Waals surface area contributed by atoms with Gasteiger partial charge in [0.1, 0.15) is 11.5 Å². The van der Waals surface area contributed by atoms with Gasteiger partial charge in [-0.2, -0.15) is 0 Å². The zero-order valence-electron chi connectivity index (χ0n) is 13.0. The topological polar surface area (TPSA) is 88.0 Å². The number of amides is 1. The van der Waals surface area contributed by atoms with Gasteiger partial charge in [-0.25, -0.2) is 0 Å². The zero-order chi connectivity index (χ0) is 17.5. The number of carbonyl (C=O) groups excluding carboxylic acids is 1. The van der Waals surface area contributed by atoms with Crippen molar-refractivity contribution in [3.05, 3.63) is 52.0 Å². The van der Waals surface area contributed by atoms with Crippen molar-refractivity contribution >= 4 is 27.5 Å². The molecule has 1 amide bonds. The fourth-order valence-corrected chi connectivity index (χ4v) is 3.32. The maximum Gasteiger partial charge on any atom is 0.257 e. The molecule has 0 aliphatic carbocycles. The Morgan fingerprint density at radius 3 is 2.42 bits per heavy atom. The molecule has 3 N–H and O–H groups in total. The third kappa shape index (κ3) is 2.36. The molecule has 2 aromatic rings. The first kappa shape index (κ1) is 16.8. The fraction of sp³-hybridized carbons (Fsp3) is 0.235. The smallest absolute Gasteiger partial charge is 0.257 e. The number of nitrogens with one attached hydrogen (secondary N) is 1. The van der Waals surface area contributed by atoms with Crippen LogP contribution in [0.4, 0.5) is 5.69 Å². The number of hydrogen-bond donors (Lipinski definition) is 3. The number of rotatable bonds is 3. The highest BCUT2D eigenvalue weighted by atomic mass is 79.9. The van der Waals surface area contributed by atoms with E-state index in [1.165, 1.54) is 14.2 Å². The summed E-state index contributed by atoms with van der Waals surface area (Å²) in [5.74, 6) is -0.0480. The number of phenols is 1. The third-order valence-corrected chi connectivity index (χ3v) is 4.79. The highest BCUT2D eigenvalue weighted by Gasteiger charge is 2.51. The largest absolute Gasteiger partial charge is 0.506 e. The number of ether oxygens (including phenoxy) is 2. The van der Waals surface area contributed by atoms with Crippen LogP contribution in [0.2, 0.25) is 0 Å². The molecule has 2 aromatic carbocycles. The van der Waals surface area contributed by atoms with Crippen LogP contribution in [0.15, 0.2) is 40.9 Å². The third-order valence-electron chi connectivity index (χ3n) is 4.15. The standard InChI is InChI=1S/C17H16BrNO5/c1-23-10-5-3-9(4-6-10)17(22)13-12(8-7-11(18)14(13)20)19-16(21)15(17)24-2/h3-8,15,20,22H,1-2H3,(H,19,21). The van der Waals surface area contributed by atoms with Gasteiger partial charge in [-0.3, -0.25) is 4.79 Å². The monoisotopic (exact) mass is 393 g/mol. The molecular formula is C17H16BrNO5. The Balaban J connectivity index is 2.29. The minimum atomic E-state index is -1.85. The molecule has 7 heteroatoms. The van der Waals surface area contributed by atoms with E-state index in [1.54, 1.807) is 36.4 Å². The van der Waals surface area contributed by atoms with Gasteiger partial charge in [0.25, 0.3) is 5.91 Å². The fourth-order valence-electron chi connectivity index (χ4n) is 2.99. The molecule has 3 rings (SSSR count). The van der Waals surface area contributed by atoms with Crippen molar-refractivity contribution < 1.29 is 24.5 Å². The SMILES string of the molecule is COc1ccc(C2(O)c3c(ccc(Br)c3O)NC(=O)C2OC)cc1. The lowest BCUT2D eigenvalue weighted by Gasteiger charge is -2.40. The summed E-state index contributed by atoms with van der Waals surface area (Å²) in [4.78, 5) is 12.4. The van der Waals surface area contributed by atoms with E-state index < -0.39 is 17.6 Å². The van der Waals surface area contributed by atoms with E-state index >= 15 is 0 Å². The number of hydrogen-bond acceptors (Lipinski definition) is 5. The Morgan fingerprint density at radius 1 is 1.17 bits per heavy atom. The molecule has 1 heterocycles. The molecule has 24 heavy (non-hydrogen) atoms. The number of fused-ring (bicyclic) bond motifs is 1. The first-order valence-electron chi connectivity index (χ1n) is 7.16. The summed E-state index contributed by atoms with van der Waals surface area (Å²) in [7, 11) is 2.87. The number of anilines is 1. The van der Waals surface area contributed by atoms with Crippen LogP contribution in [-0.2, 0) is 15.1 Å². The molecule has 0 aromatic heterocycles. The molecule has 0 saturated carbocycles. The van der Waals surface area contributed by atoms with Gasteiger partial charge >= 0.3 is 0 Å². The zero-order valence-corrected chi connectivity index (χ0v) is 14.6. The van der Waals surface area contributed by atoms with Gasteiger partial charge in [0.15, 0.2) is 11.7 Å². The Labute approximate surface area is 147 Å². The van der Waals surface area contributed by atoms with Crippen LogP contribution in [0.3, 0.4) is 0 Å². The maximum absolute atomic E-state index is 12.4. The van der Waals surface area contributed by atoms with Crippen LogP contribution in [-0.4, -0.2) is 36.4 Å². The van der Waals surface area contributed by atoms with E-state index in [0.29, 0.717) is 21.5 Å². The first-order valence-corrected chi connectivity index (χ1v) is 7.95. The van der Waals surface area contributed by atoms with Crippen molar-refractivity contribution in [2.24, 2.45) is 0 Å². The average Bonchev–Trinajstić information content (AvgIpc) is 2.58. The van der Waals surface area contributed by atoms with Gasteiger partial charge in [0, 0.05) is 7.11 Å². The lowest BCUT2D eigenvalue weighted by atomic mass is 9.77. The molecule has 0 saturated heterocycles. The minimum Gasteiger partial charge on any atom is -0.506 e. The highest BCUT2D eigenvalue weighted by Crippen LogP contribution is 2.48. The Morgan fingerprint density at radius 2 is 1.83 bits per heavy atom. The van der Waals surface area contributed by atoms with Crippen molar-refractivity contribution in [3.63, 3.8) is 0 Å². The second kappa shape index (κ2) is 6.08. The lowest BCUT2D eigenvalue weighted by molar-refractivity contribution is -0.142. The van der Waals surface area contributed by atoms with Crippen LogP contribution in [0.25, 0.3) is 0 Å². The molecule has 0 spiro atoms. The van der Waals surface area contributed by atoms with E-state index in [9.17, 15) is 15.0 Å². The lowest BCUT2D eigenvalue weighted by Crippen LogP contribution is -2.52. The summed E-state index contributed by atoms with van der Waals surface area (Å²) in [6.45, 7) is 0. The highest BCUT2D eigenvalue weighted by molar-refractivity contribution is 9.10. The van der Waals surface area contributed by atoms with Gasteiger partial charge in [-0.05, 0) is 45.8 Å². The summed E-state index contributed by atoms with van der Waals surface area (Å²) in [5.41, 5.74) is -0.951. The van der Waals surface area contributed by atoms with Gasteiger partial charge in [0.2, 0.25) is 0 Å². The van der Waals surface area contributed by atoms with Crippen LogP contribution in [0.5, 0.6) is 11.5 Å². The normalized spacial score (nSPS) is 22.7. The molecular weight excluding hydrogens is 378 g/mol. The van der Waals surface area contributed by atoms with Crippen LogP contribution in [0.1, 0.15) is 11.1 Å². The van der Waals surface area contributed by atoms with Crippen LogP contribution in [0, 0.1) is 0 Å². The molecule has 1 aliphatic heterocycles. The molecule has 0 bridgehead atoms. The molecule has 1 aliphatic rings. The van der Waals surface area contributed by atoms with Crippen molar-refractivity contribution in [3.8, 4) is 11.5 Å². The summed E-state index contributed by atoms with van der Waals surface area (Å²) in [5, 5.41) is 24.6. The number of halogens is 1. The number of benzene rings is 2. The number of aromatic hydroxyl groups is 1. The quantitative estimate of drug-likeness (QED) is 0.744. The molecule has 2 unspecified atom stereocenters. The van der Waals surface area contributed by atoms with Crippen LogP contribution >= 0.6 is 15.9 Å². The first-order chi connectivity index (χ1) is 11.4. The second-order valence-electron chi connectivity index (χ2n) is 5.42. The van der Waals surface area contributed by atoms with E-state index in [0.717, 1.165) is 0 Å². The predicted molar refractivity (Wildman–Crippen MR) is 91.2 cm³/mol. The number of methoxy groups -OCH3 is 2. The van der Waals surface area contributed by atoms with Crippen molar-refractivity contribution in [2.45, 2.75) is 11.7 Å². The Kier molecular flexibility index (Phi) is 4.25. The summed E-state index contributed by atoms with van der Waals surface area (Å²) in [6.07, 6.45) is -1.22. The number of carbonyl (C=O) groups is 1. The van der Waals surface area contributed by atoms with Gasteiger partial charge in [0.05, 0.1) is 22.8 Å². The van der Waals surface area contributed by atoms with Crippen molar-refractivity contribution in [2.75, 3.05) is 19.5 Å². The second-order valence-corrected chi connectivity index (χ2v) is 6.27. The molecule has 6 nitrogen and oxygen atoms in total. The average molecular weight is 394 g/mol. The number of aliphatic hydroxyl groups is 1. The van der Waals surface area contributed by atoms with Gasteiger partial charge in [-0.15, -0.1) is 0 Å². The van der Waals surface area contributed by atoms with Crippen molar-refractivity contribution in [1.29, 1.82) is 0 Å². The molecule has 0 radical (unpaired) electrons. The van der Waals surface area contributed by atoms with E-state index in [4.69, 9.17) is 9.47 Å². The minimum absolute atomic E-state index is 0.159. The van der Waals surface area contributed by atoms with E-state index in [1.807, 2.05) is 0 Å². The Bertz CT molecular complexity index is 792. The van der Waals surface area contributed by atoms with Gasteiger partial charge in [-0.1, -0.05) is 12.1 Å². The van der Waals surface area contributed by atoms with E-state index in [-0.39, 0.29) is 11.3 Å². The maximum atomic E-state index is 12.4. The molecule has 126 valence electrons. The summed E-state index contributed by atoms with van der Waals surface area (Å²) >= 11 is 3.24. The molecule has 2 atom stereocenters. The Hall–Kier alpha value is -2.09. The molecule has 0 fully saturated rings.